The number of hydrogen-bond donors (Lipinski definition) is 1. The minimum Gasteiger partial charge on any atom is -0.496 e. The fraction of sp³-hybridized carbons (Fsp3) is 0.188. The number of ether oxygens (including phenoxy) is 1. The summed E-state index contributed by atoms with van der Waals surface area (Å²) in [7, 11) is 1.61. The van der Waals surface area contributed by atoms with Gasteiger partial charge in [0.15, 0.2) is 0 Å². The van der Waals surface area contributed by atoms with Gasteiger partial charge in [0.1, 0.15) is 5.75 Å². The molecule has 0 aliphatic carbocycles. The molecule has 0 saturated carbocycles. The minimum absolute atomic E-state index is 0.0159. The number of aliphatic carboxylic acids is 1. The number of hydrogen-bond acceptors (Lipinski definition) is 2. The fourth-order valence-electron chi connectivity index (χ4n) is 2.04. The first kappa shape index (κ1) is 13.1. The largest absolute Gasteiger partial charge is 0.496 e. The van der Waals surface area contributed by atoms with Gasteiger partial charge in [0, 0.05) is 6.42 Å². The molecule has 0 aliphatic heterocycles. The summed E-state index contributed by atoms with van der Waals surface area (Å²) in [6.07, 6.45) is 0.791. The summed E-state index contributed by atoms with van der Waals surface area (Å²) >= 11 is 0. The molecule has 98 valence electrons. The predicted octanol–water partition coefficient (Wildman–Crippen LogP) is 2.91. The van der Waals surface area contributed by atoms with Crippen molar-refractivity contribution in [2.75, 3.05) is 7.11 Å². The summed E-state index contributed by atoms with van der Waals surface area (Å²) in [4.78, 5) is 10.7. The van der Waals surface area contributed by atoms with E-state index in [0.29, 0.717) is 0 Å². The van der Waals surface area contributed by atoms with Crippen molar-refractivity contribution >= 4 is 5.97 Å². The third-order valence-electron chi connectivity index (χ3n) is 2.94. The molecule has 0 unspecified atom stereocenters. The number of methoxy groups -OCH3 is 1. The lowest BCUT2D eigenvalue weighted by atomic mass is 10.0. The van der Waals surface area contributed by atoms with Gasteiger partial charge in [0.2, 0.25) is 0 Å². The first-order chi connectivity index (χ1) is 9.19. The highest BCUT2D eigenvalue weighted by Crippen LogP contribution is 2.23. The van der Waals surface area contributed by atoms with E-state index < -0.39 is 5.97 Å². The predicted molar refractivity (Wildman–Crippen MR) is 73.6 cm³/mol. The van der Waals surface area contributed by atoms with Crippen LogP contribution < -0.4 is 4.74 Å². The van der Waals surface area contributed by atoms with Gasteiger partial charge in [-0.3, -0.25) is 4.79 Å². The van der Waals surface area contributed by atoms with Gasteiger partial charge in [0.05, 0.1) is 13.5 Å². The zero-order chi connectivity index (χ0) is 13.7. The van der Waals surface area contributed by atoms with Gasteiger partial charge in [-0.25, -0.2) is 0 Å². The van der Waals surface area contributed by atoms with Crippen LogP contribution in [0.5, 0.6) is 5.75 Å². The second-order valence-corrected chi connectivity index (χ2v) is 4.38. The van der Waals surface area contributed by atoms with Crippen LogP contribution >= 0.6 is 0 Å². The Morgan fingerprint density at radius 1 is 1.11 bits per heavy atom. The van der Waals surface area contributed by atoms with Crippen molar-refractivity contribution in [2.45, 2.75) is 12.8 Å². The highest BCUT2D eigenvalue weighted by Gasteiger charge is 2.07. The van der Waals surface area contributed by atoms with E-state index >= 15 is 0 Å². The molecule has 0 aromatic heterocycles. The van der Waals surface area contributed by atoms with Crippen molar-refractivity contribution in [2.24, 2.45) is 0 Å². The topological polar surface area (TPSA) is 46.5 Å². The van der Waals surface area contributed by atoms with Crippen LogP contribution in [0.25, 0.3) is 0 Å². The highest BCUT2D eigenvalue weighted by molar-refractivity contribution is 5.70. The Balaban J connectivity index is 2.23. The van der Waals surface area contributed by atoms with Crippen LogP contribution in [0, 0.1) is 0 Å². The summed E-state index contributed by atoms with van der Waals surface area (Å²) in [5.74, 6) is -0.0968. The molecule has 0 bridgehead atoms. The van der Waals surface area contributed by atoms with E-state index in [2.05, 4.69) is 12.1 Å². The van der Waals surface area contributed by atoms with Gasteiger partial charge >= 0.3 is 5.97 Å². The Morgan fingerprint density at radius 2 is 1.84 bits per heavy atom. The maximum atomic E-state index is 10.7. The maximum absolute atomic E-state index is 10.7. The molecule has 2 aromatic carbocycles. The molecule has 1 N–H and O–H groups in total. The quantitative estimate of drug-likeness (QED) is 0.894. The third kappa shape index (κ3) is 3.58. The van der Waals surface area contributed by atoms with E-state index in [1.807, 2.05) is 30.3 Å². The minimum atomic E-state index is -0.835. The van der Waals surface area contributed by atoms with Gasteiger partial charge in [-0.05, 0) is 22.8 Å². The summed E-state index contributed by atoms with van der Waals surface area (Å²) in [6.45, 7) is 0. The van der Waals surface area contributed by atoms with Crippen molar-refractivity contribution in [1.29, 1.82) is 0 Å². The molecule has 0 fully saturated rings. The van der Waals surface area contributed by atoms with Crippen LogP contribution in [0.1, 0.15) is 16.7 Å². The van der Waals surface area contributed by atoms with Gasteiger partial charge in [0.25, 0.3) is 0 Å². The molecule has 0 aliphatic rings. The number of rotatable bonds is 5. The first-order valence-electron chi connectivity index (χ1n) is 6.10. The lowest BCUT2D eigenvalue weighted by molar-refractivity contribution is -0.136. The monoisotopic (exact) mass is 256 g/mol. The average molecular weight is 256 g/mol. The van der Waals surface area contributed by atoms with Gasteiger partial charge in [-0.1, -0.05) is 42.5 Å². The Bertz CT molecular complexity index is 561. The molecule has 0 radical (unpaired) electrons. The molecule has 0 saturated heterocycles. The molecule has 3 nitrogen and oxygen atoms in total. The standard InChI is InChI=1S/C16H16O3/c1-19-15-10-13(11-16(17)18)7-8-14(15)9-12-5-3-2-4-6-12/h2-8,10H,9,11H2,1H3,(H,17,18). The van der Waals surface area contributed by atoms with Crippen LogP contribution in [0.2, 0.25) is 0 Å². The van der Waals surface area contributed by atoms with E-state index in [1.54, 1.807) is 13.2 Å². The van der Waals surface area contributed by atoms with Crippen LogP contribution in [-0.4, -0.2) is 18.2 Å². The van der Waals surface area contributed by atoms with Crippen molar-refractivity contribution in [3.8, 4) is 5.75 Å². The number of carboxylic acids is 1. The fourth-order valence-corrected chi connectivity index (χ4v) is 2.04. The van der Waals surface area contributed by atoms with Crippen LogP contribution in [-0.2, 0) is 17.6 Å². The van der Waals surface area contributed by atoms with E-state index in [0.717, 1.165) is 23.3 Å². The molecular formula is C16H16O3. The van der Waals surface area contributed by atoms with Crippen LogP contribution in [0.15, 0.2) is 48.5 Å². The molecular weight excluding hydrogens is 240 g/mol. The summed E-state index contributed by atoms with van der Waals surface area (Å²) in [5, 5.41) is 8.79. The summed E-state index contributed by atoms with van der Waals surface area (Å²) in [5.41, 5.74) is 3.01. The van der Waals surface area contributed by atoms with Crippen molar-refractivity contribution < 1.29 is 14.6 Å². The molecule has 2 aromatic rings. The van der Waals surface area contributed by atoms with Crippen LogP contribution in [0.4, 0.5) is 0 Å². The number of carboxylic acid groups (broad SMARTS) is 1. The highest BCUT2D eigenvalue weighted by atomic mass is 16.5. The molecule has 2 rings (SSSR count). The number of benzene rings is 2. The van der Waals surface area contributed by atoms with Gasteiger partial charge in [-0.2, -0.15) is 0 Å². The molecule has 3 heteroatoms. The molecule has 0 heterocycles. The van der Waals surface area contributed by atoms with Crippen molar-refractivity contribution in [3.63, 3.8) is 0 Å². The second-order valence-electron chi connectivity index (χ2n) is 4.38. The molecule has 0 amide bonds. The normalized spacial score (nSPS) is 10.2. The Kier molecular flexibility index (Phi) is 4.18. The van der Waals surface area contributed by atoms with Crippen molar-refractivity contribution in [3.05, 3.63) is 65.2 Å². The third-order valence-corrected chi connectivity index (χ3v) is 2.94. The first-order valence-corrected chi connectivity index (χ1v) is 6.10. The summed E-state index contributed by atoms with van der Waals surface area (Å²) < 4.78 is 5.35. The average Bonchev–Trinajstić information content (AvgIpc) is 2.41. The van der Waals surface area contributed by atoms with Crippen LogP contribution in [0.3, 0.4) is 0 Å². The lowest BCUT2D eigenvalue weighted by Crippen LogP contribution is -2.01. The second kappa shape index (κ2) is 6.05. The Hall–Kier alpha value is -2.29. The zero-order valence-electron chi connectivity index (χ0n) is 10.8. The Morgan fingerprint density at radius 3 is 2.47 bits per heavy atom. The van der Waals surface area contributed by atoms with E-state index in [1.165, 1.54) is 5.56 Å². The summed E-state index contributed by atoms with van der Waals surface area (Å²) in [6, 6.07) is 15.7. The molecule has 0 spiro atoms. The lowest BCUT2D eigenvalue weighted by Gasteiger charge is -2.10. The van der Waals surface area contributed by atoms with E-state index in [4.69, 9.17) is 9.84 Å². The zero-order valence-corrected chi connectivity index (χ0v) is 10.8. The van der Waals surface area contributed by atoms with Gasteiger partial charge in [-0.15, -0.1) is 0 Å². The number of carbonyl (C=O) groups is 1. The SMILES string of the molecule is COc1cc(CC(=O)O)ccc1Cc1ccccc1. The van der Waals surface area contributed by atoms with E-state index in [9.17, 15) is 4.79 Å². The molecule has 0 atom stereocenters. The van der Waals surface area contributed by atoms with E-state index in [-0.39, 0.29) is 6.42 Å². The van der Waals surface area contributed by atoms with Crippen molar-refractivity contribution in [1.82, 2.24) is 0 Å². The Labute approximate surface area is 112 Å². The van der Waals surface area contributed by atoms with Gasteiger partial charge < -0.3 is 9.84 Å². The maximum Gasteiger partial charge on any atom is 0.307 e. The molecule has 19 heavy (non-hydrogen) atoms. The smallest absolute Gasteiger partial charge is 0.307 e.